The lowest BCUT2D eigenvalue weighted by molar-refractivity contribution is -0.122. The highest BCUT2D eigenvalue weighted by atomic mass is 16.2. The van der Waals surface area contributed by atoms with E-state index in [1.165, 1.54) is 0 Å². The standard InChI is InChI=1S/C25H32N4O3/c1-17-4-3-5-20(12-17)25(32)26-14-23(30)27-21-15-29(16-21)22-8-6-18(7-9-22)19-10-11-28(2)24(31)13-19/h3-5,10-13,18,21-22H,6-9,14-16H2,1-2H3,(H,26,32)(H,27,30)/t18-,22+. The van der Waals surface area contributed by atoms with E-state index in [1.54, 1.807) is 23.7 Å². The van der Waals surface area contributed by atoms with Crippen molar-refractivity contribution < 1.29 is 9.59 Å². The molecule has 0 unspecified atom stereocenters. The lowest BCUT2D eigenvalue weighted by Crippen LogP contribution is -2.63. The fourth-order valence-corrected chi connectivity index (χ4v) is 4.82. The molecule has 170 valence electrons. The van der Waals surface area contributed by atoms with Crippen molar-refractivity contribution in [1.82, 2.24) is 20.1 Å². The molecule has 7 nitrogen and oxygen atoms in total. The number of amides is 2. The lowest BCUT2D eigenvalue weighted by atomic mass is 9.80. The van der Waals surface area contributed by atoms with Gasteiger partial charge in [0.25, 0.3) is 11.5 Å². The fraction of sp³-hybridized carbons (Fsp3) is 0.480. The molecule has 2 fully saturated rings. The van der Waals surface area contributed by atoms with Crippen LogP contribution in [0.3, 0.4) is 0 Å². The van der Waals surface area contributed by atoms with Crippen LogP contribution in [0, 0.1) is 6.92 Å². The average molecular weight is 437 g/mol. The summed E-state index contributed by atoms with van der Waals surface area (Å²) in [6.45, 7) is 3.64. The Bertz CT molecular complexity index is 1030. The molecule has 2 N–H and O–H groups in total. The van der Waals surface area contributed by atoms with E-state index in [0.29, 0.717) is 17.5 Å². The zero-order valence-electron chi connectivity index (χ0n) is 18.8. The van der Waals surface area contributed by atoms with Gasteiger partial charge in [-0.3, -0.25) is 19.3 Å². The van der Waals surface area contributed by atoms with Crippen LogP contribution in [0.15, 0.2) is 47.4 Å². The molecule has 0 spiro atoms. The highest BCUT2D eigenvalue weighted by Gasteiger charge is 2.35. The summed E-state index contributed by atoms with van der Waals surface area (Å²) in [5, 5.41) is 5.71. The van der Waals surface area contributed by atoms with E-state index in [2.05, 4.69) is 21.6 Å². The molecule has 0 radical (unpaired) electrons. The SMILES string of the molecule is Cc1cccc(C(=O)NCC(=O)NC2CN([C@H]3CC[C@@H](c4ccn(C)c(=O)c4)CC3)C2)c1. The summed E-state index contributed by atoms with van der Waals surface area (Å²) >= 11 is 0. The predicted octanol–water partition coefficient (Wildman–Crippen LogP) is 1.95. The number of hydrogen-bond acceptors (Lipinski definition) is 4. The summed E-state index contributed by atoms with van der Waals surface area (Å²) in [4.78, 5) is 38.7. The minimum absolute atomic E-state index is 0.00901. The van der Waals surface area contributed by atoms with Crippen molar-refractivity contribution in [1.29, 1.82) is 0 Å². The molecule has 1 aliphatic heterocycles. The van der Waals surface area contributed by atoms with Gasteiger partial charge in [-0.2, -0.15) is 0 Å². The van der Waals surface area contributed by atoms with Gasteiger partial charge >= 0.3 is 0 Å². The van der Waals surface area contributed by atoms with Crippen LogP contribution in [-0.2, 0) is 11.8 Å². The number of nitrogens with zero attached hydrogens (tertiary/aromatic N) is 2. The van der Waals surface area contributed by atoms with Crippen LogP contribution in [0.4, 0.5) is 0 Å². The monoisotopic (exact) mass is 436 g/mol. The Hall–Kier alpha value is -2.93. The molecule has 4 rings (SSSR count). The Morgan fingerprint density at radius 1 is 1.06 bits per heavy atom. The zero-order valence-corrected chi connectivity index (χ0v) is 18.8. The normalized spacial score (nSPS) is 21.6. The maximum absolute atomic E-state index is 12.2. The van der Waals surface area contributed by atoms with E-state index in [9.17, 15) is 14.4 Å². The van der Waals surface area contributed by atoms with E-state index >= 15 is 0 Å². The molecule has 2 aliphatic rings. The summed E-state index contributed by atoms with van der Waals surface area (Å²) in [6.07, 6.45) is 6.28. The summed E-state index contributed by atoms with van der Waals surface area (Å²) in [7, 11) is 1.78. The third-order valence-corrected chi connectivity index (χ3v) is 6.78. The first kappa shape index (κ1) is 22.3. The average Bonchev–Trinajstić information content (AvgIpc) is 2.76. The largest absolute Gasteiger partial charge is 0.349 e. The highest BCUT2D eigenvalue weighted by molar-refractivity contribution is 5.96. The zero-order chi connectivity index (χ0) is 22.7. The van der Waals surface area contributed by atoms with Gasteiger partial charge in [0.15, 0.2) is 0 Å². The Kier molecular flexibility index (Phi) is 6.74. The van der Waals surface area contributed by atoms with Crippen molar-refractivity contribution in [2.75, 3.05) is 19.6 Å². The number of aromatic nitrogens is 1. The van der Waals surface area contributed by atoms with E-state index in [0.717, 1.165) is 49.9 Å². The molecule has 2 aromatic rings. The Morgan fingerprint density at radius 2 is 1.81 bits per heavy atom. The first-order chi connectivity index (χ1) is 15.4. The second kappa shape index (κ2) is 9.69. The third kappa shape index (κ3) is 5.27. The Labute approximate surface area is 188 Å². The maximum Gasteiger partial charge on any atom is 0.251 e. The molecule has 32 heavy (non-hydrogen) atoms. The quantitative estimate of drug-likeness (QED) is 0.725. The van der Waals surface area contributed by atoms with Crippen molar-refractivity contribution >= 4 is 11.8 Å². The van der Waals surface area contributed by atoms with Gasteiger partial charge in [0.2, 0.25) is 5.91 Å². The Morgan fingerprint density at radius 3 is 2.50 bits per heavy atom. The number of pyridine rings is 1. The van der Waals surface area contributed by atoms with E-state index in [-0.39, 0.29) is 30.0 Å². The van der Waals surface area contributed by atoms with Crippen LogP contribution >= 0.6 is 0 Å². The topological polar surface area (TPSA) is 83.4 Å². The summed E-state index contributed by atoms with van der Waals surface area (Å²) in [5.41, 5.74) is 2.80. The fourth-order valence-electron chi connectivity index (χ4n) is 4.82. The number of likely N-dealkylation sites (tertiary alicyclic amines) is 1. The number of hydrogen-bond donors (Lipinski definition) is 2. The number of aryl methyl sites for hydroxylation is 2. The van der Waals surface area contributed by atoms with Crippen molar-refractivity contribution in [2.24, 2.45) is 7.05 Å². The Balaban J connectivity index is 1.16. The van der Waals surface area contributed by atoms with Crippen LogP contribution in [0.25, 0.3) is 0 Å². The summed E-state index contributed by atoms with van der Waals surface area (Å²) in [6, 6.07) is 11.9. The van der Waals surface area contributed by atoms with Crippen molar-refractivity contribution in [3.63, 3.8) is 0 Å². The minimum atomic E-state index is -0.230. The van der Waals surface area contributed by atoms with Gasteiger partial charge in [-0.15, -0.1) is 0 Å². The van der Waals surface area contributed by atoms with Gasteiger partial charge in [-0.05, 0) is 62.3 Å². The van der Waals surface area contributed by atoms with Crippen LogP contribution in [0.5, 0.6) is 0 Å². The van der Waals surface area contributed by atoms with Crippen molar-refractivity contribution in [3.05, 3.63) is 69.6 Å². The van der Waals surface area contributed by atoms with Crippen LogP contribution < -0.4 is 16.2 Å². The molecule has 7 heteroatoms. The molecular weight excluding hydrogens is 404 g/mol. The molecule has 2 heterocycles. The smallest absolute Gasteiger partial charge is 0.251 e. The summed E-state index contributed by atoms with van der Waals surface area (Å²) < 4.78 is 1.61. The number of carbonyl (C=O) groups excluding carboxylic acids is 2. The van der Waals surface area contributed by atoms with E-state index in [4.69, 9.17) is 0 Å². The van der Waals surface area contributed by atoms with Crippen molar-refractivity contribution in [3.8, 4) is 0 Å². The molecular formula is C25H32N4O3. The number of carbonyl (C=O) groups is 2. The predicted molar refractivity (Wildman–Crippen MR) is 124 cm³/mol. The molecule has 0 bridgehead atoms. The molecule has 1 saturated carbocycles. The molecule has 1 aliphatic carbocycles. The van der Waals surface area contributed by atoms with Crippen molar-refractivity contribution in [2.45, 2.75) is 50.6 Å². The highest BCUT2D eigenvalue weighted by Crippen LogP contribution is 2.35. The second-order valence-corrected chi connectivity index (χ2v) is 9.19. The number of rotatable bonds is 6. The number of benzene rings is 1. The molecule has 1 saturated heterocycles. The van der Waals surface area contributed by atoms with Gasteiger partial charge in [-0.1, -0.05) is 17.7 Å². The number of nitrogens with one attached hydrogen (secondary N) is 2. The maximum atomic E-state index is 12.2. The first-order valence-corrected chi connectivity index (χ1v) is 11.4. The van der Waals surface area contributed by atoms with Crippen LogP contribution in [0.1, 0.15) is 53.1 Å². The minimum Gasteiger partial charge on any atom is -0.349 e. The summed E-state index contributed by atoms with van der Waals surface area (Å²) in [5.74, 6) is 0.0890. The molecule has 1 aromatic heterocycles. The lowest BCUT2D eigenvalue weighted by Gasteiger charge is -2.46. The van der Waals surface area contributed by atoms with Crippen LogP contribution in [-0.4, -0.2) is 53.0 Å². The van der Waals surface area contributed by atoms with Gasteiger partial charge in [0, 0.05) is 44.0 Å². The van der Waals surface area contributed by atoms with Gasteiger partial charge in [0.05, 0.1) is 12.6 Å². The van der Waals surface area contributed by atoms with Gasteiger partial charge in [0.1, 0.15) is 0 Å². The van der Waals surface area contributed by atoms with Crippen LogP contribution in [0.2, 0.25) is 0 Å². The van der Waals surface area contributed by atoms with E-state index in [1.807, 2.05) is 31.3 Å². The van der Waals surface area contributed by atoms with Gasteiger partial charge in [-0.25, -0.2) is 0 Å². The molecule has 1 aromatic carbocycles. The van der Waals surface area contributed by atoms with Gasteiger partial charge < -0.3 is 15.2 Å². The second-order valence-electron chi connectivity index (χ2n) is 9.19. The molecule has 2 amide bonds. The molecule has 0 atom stereocenters. The first-order valence-electron chi connectivity index (χ1n) is 11.4. The third-order valence-electron chi connectivity index (χ3n) is 6.78. The van der Waals surface area contributed by atoms with E-state index < -0.39 is 0 Å².